The summed E-state index contributed by atoms with van der Waals surface area (Å²) in [6, 6.07) is 6.66. The Labute approximate surface area is 126 Å². The van der Waals surface area contributed by atoms with Crippen LogP contribution in [0.5, 0.6) is 0 Å². The number of halogens is 1. The Kier molecular flexibility index (Phi) is 8.45. The van der Waals surface area contributed by atoms with Gasteiger partial charge in [-0.1, -0.05) is 32.0 Å². The Balaban J connectivity index is 2.25. The molecule has 0 radical (unpaired) electrons. The third-order valence-electron chi connectivity index (χ3n) is 3.29. The lowest BCUT2D eigenvalue weighted by Crippen LogP contribution is -2.42. The smallest absolute Gasteiger partial charge is 0.128 e. The van der Waals surface area contributed by atoms with Crippen LogP contribution < -0.4 is 5.32 Å². The van der Waals surface area contributed by atoms with Crippen molar-refractivity contribution in [3.63, 3.8) is 0 Å². The van der Waals surface area contributed by atoms with E-state index in [9.17, 15) is 9.50 Å². The first-order valence-electron chi connectivity index (χ1n) is 7.26. The number of hydrogen-bond donors (Lipinski definition) is 2. The summed E-state index contributed by atoms with van der Waals surface area (Å²) in [6.07, 6.45) is -0.630. The van der Waals surface area contributed by atoms with Crippen LogP contribution in [0.2, 0.25) is 0 Å². The van der Waals surface area contributed by atoms with Crippen molar-refractivity contribution >= 4 is 0 Å². The van der Waals surface area contributed by atoms with Crippen molar-refractivity contribution in [2.45, 2.75) is 32.6 Å². The number of aliphatic hydroxyl groups excluding tert-OH is 1. The van der Waals surface area contributed by atoms with Crippen LogP contribution in [0.4, 0.5) is 4.39 Å². The van der Waals surface area contributed by atoms with Crippen molar-refractivity contribution in [1.82, 2.24) is 5.32 Å². The Hall–Kier alpha value is -1.01. The van der Waals surface area contributed by atoms with Gasteiger partial charge in [-0.3, -0.25) is 0 Å². The molecule has 0 spiro atoms. The van der Waals surface area contributed by atoms with Crippen LogP contribution in [0.3, 0.4) is 0 Å². The van der Waals surface area contributed by atoms with Crippen molar-refractivity contribution in [3.8, 4) is 0 Å². The second-order valence-corrected chi connectivity index (χ2v) is 5.47. The average Bonchev–Trinajstić information content (AvgIpc) is 2.45. The van der Waals surface area contributed by atoms with Gasteiger partial charge >= 0.3 is 0 Å². The molecule has 0 aliphatic rings. The van der Waals surface area contributed by atoms with Gasteiger partial charge in [0.05, 0.1) is 25.9 Å². The maximum absolute atomic E-state index is 13.4. The van der Waals surface area contributed by atoms with E-state index in [2.05, 4.69) is 19.2 Å². The molecule has 0 bridgehead atoms. The quantitative estimate of drug-likeness (QED) is 0.693. The molecule has 0 aromatic heterocycles. The third-order valence-corrected chi connectivity index (χ3v) is 3.29. The fourth-order valence-electron chi connectivity index (χ4n) is 1.93. The van der Waals surface area contributed by atoms with E-state index in [0.717, 1.165) is 0 Å². The molecule has 21 heavy (non-hydrogen) atoms. The molecule has 0 aliphatic carbocycles. The van der Waals surface area contributed by atoms with E-state index in [0.29, 0.717) is 24.6 Å². The molecule has 4 nitrogen and oxygen atoms in total. The van der Waals surface area contributed by atoms with Gasteiger partial charge in [-0.15, -0.1) is 0 Å². The zero-order valence-corrected chi connectivity index (χ0v) is 13.0. The minimum atomic E-state index is -0.630. The monoisotopic (exact) mass is 299 g/mol. The van der Waals surface area contributed by atoms with E-state index in [1.165, 1.54) is 6.07 Å². The van der Waals surface area contributed by atoms with Crippen LogP contribution in [-0.4, -0.2) is 44.1 Å². The van der Waals surface area contributed by atoms with Gasteiger partial charge in [-0.2, -0.15) is 0 Å². The SMILES string of the molecule is COCC(NCC(O)COCc1ccccc1F)C(C)C. The molecule has 0 fully saturated rings. The lowest BCUT2D eigenvalue weighted by molar-refractivity contribution is 0.0237. The summed E-state index contributed by atoms with van der Waals surface area (Å²) in [5.74, 6) is 0.126. The molecule has 0 amide bonds. The highest BCUT2D eigenvalue weighted by Gasteiger charge is 2.14. The Morgan fingerprint density at radius 1 is 1.24 bits per heavy atom. The molecule has 1 aromatic rings. The lowest BCUT2D eigenvalue weighted by atomic mass is 10.1. The molecule has 2 atom stereocenters. The summed E-state index contributed by atoms with van der Waals surface area (Å²) >= 11 is 0. The molecule has 1 rings (SSSR count). The van der Waals surface area contributed by atoms with Gasteiger partial charge in [-0.25, -0.2) is 4.39 Å². The summed E-state index contributed by atoms with van der Waals surface area (Å²) in [5.41, 5.74) is 0.497. The molecule has 0 saturated carbocycles. The van der Waals surface area contributed by atoms with Gasteiger partial charge in [0.2, 0.25) is 0 Å². The minimum Gasteiger partial charge on any atom is -0.389 e. The van der Waals surface area contributed by atoms with Crippen LogP contribution >= 0.6 is 0 Å². The highest BCUT2D eigenvalue weighted by Crippen LogP contribution is 2.08. The zero-order chi connectivity index (χ0) is 15.7. The molecule has 0 aliphatic heterocycles. The van der Waals surface area contributed by atoms with E-state index in [-0.39, 0.29) is 25.1 Å². The van der Waals surface area contributed by atoms with Gasteiger partial charge in [0.1, 0.15) is 5.82 Å². The van der Waals surface area contributed by atoms with Crippen LogP contribution in [-0.2, 0) is 16.1 Å². The molecular weight excluding hydrogens is 273 g/mol. The summed E-state index contributed by atoms with van der Waals surface area (Å²) < 4.78 is 23.9. The number of rotatable bonds is 10. The van der Waals surface area contributed by atoms with E-state index >= 15 is 0 Å². The largest absolute Gasteiger partial charge is 0.389 e. The summed E-state index contributed by atoms with van der Waals surface area (Å²) in [6.45, 7) is 5.54. The maximum Gasteiger partial charge on any atom is 0.128 e. The summed E-state index contributed by atoms with van der Waals surface area (Å²) in [7, 11) is 1.66. The number of aliphatic hydroxyl groups is 1. The van der Waals surface area contributed by atoms with Crippen LogP contribution in [0.25, 0.3) is 0 Å². The first-order chi connectivity index (χ1) is 10.0. The van der Waals surface area contributed by atoms with E-state index in [1.54, 1.807) is 25.3 Å². The minimum absolute atomic E-state index is 0.162. The van der Waals surface area contributed by atoms with E-state index in [1.807, 2.05) is 0 Å². The van der Waals surface area contributed by atoms with Gasteiger partial charge in [0.15, 0.2) is 0 Å². The van der Waals surface area contributed by atoms with Gasteiger partial charge in [-0.05, 0) is 12.0 Å². The van der Waals surface area contributed by atoms with Crippen LogP contribution in [0.1, 0.15) is 19.4 Å². The Morgan fingerprint density at radius 3 is 2.57 bits per heavy atom. The average molecular weight is 299 g/mol. The topological polar surface area (TPSA) is 50.7 Å². The molecule has 0 heterocycles. The maximum atomic E-state index is 13.4. The first-order valence-corrected chi connectivity index (χ1v) is 7.26. The molecule has 5 heteroatoms. The zero-order valence-electron chi connectivity index (χ0n) is 13.0. The Bertz CT molecular complexity index is 401. The van der Waals surface area contributed by atoms with Crippen LogP contribution in [0, 0.1) is 11.7 Å². The molecule has 0 saturated heterocycles. The Morgan fingerprint density at radius 2 is 1.95 bits per heavy atom. The molecule has 1 aromatic carbocycles. The van der Waals surface area contributed by atoms with Gasteiger partial charge < -0.3 is 19.9 Å². The third kappa shape index (κ3) is 7.00. The van der Waals surface area contributed by atoms with Crippen molar-refractivity contribution in [3.05, 3.63) is 35.6 Å². The predicted molar refractivity (Wildman–Crippen MR) is 80.6 cm³/mol. The molecular formula is C16H26FNO3. The van der Waals surface area contributed by atoms with Crippen molar-refractivity contribution in [1.29, 1.82) is 0 Å². The number of benzene rings is 1. The van der Waals surface area contributed by atoms with Crippen molar-refractivity contribution in [2.75, 3.05) is 26.9 Å². The van der Waals surface area contributed by atoms with E-state index < -0.39 is 6.10 Å². The number of nitrogens with one attached hydrogen (secondary N) is 1. The standard InChI is InChI=1S/C16H26FNO3/c1-12(2)16(11-20-3)18-8-14(19)10-21-9-13-6-4-5-7-15(13)17/h4-7,12,14,16,18-19H,8-11H2,1-3H3. The number of ether oxygens (including phenoxy) is 2. The number of hydrogen-bond acceptors (Lipinski definition) is 4. The lowest BCUT2D eigenvalue weighted by Gasteiger charge is -2.23. The van der Waals surface area contributed by atoms with Crippen molar-refractivity contribution < 1.29 is 19.0 Å². The summed E-state index contributed by atoms with van der Waals surface area (Å²) in [4.78, 5) is 0. The molecule has 2 unspecified atom stereocenters. The number of methoxy groups -OCH3 is 1. The van der Waals surface area contributed by atoms with E-state index in [4.69, 9.17) is 9.47 Å². The normalized spacial score (nSPS) is 14.4. The predicted octanol–water partition coefficient (Wildman–Crippen LogP) is 1.96. The second-order valence-electron chi connectivity index (χ2n) is 5.47. The highest BCUT2D eigenvalue weighted by atomic mass is 19.1. The van der Waals surface area contributed by atoms with Gasteiger partial charge in [0.25, 0.3) is 0 Å². The first kappa shape index (κ1) is 18.0. The molecule has 2 N–H and O–H groups in total. The fraction of sp³-hybridized carbons (Fsp3) is 0.625. The second kappa shape index (κ2) is 9.84. The molecule has 120 valence electrons. The summed E-state index contributed by atoms with van der Waals surface area (Å²) in [5, 5.41) is 13.1. The highest BCUT2D eigenvalue weighted by molar-refractivity contribution is 5.16. The fourth-order valence-corrected chi connectivity index (χ4v) is 1.93. The van der Waals surface area contributed by atoms with Crippen LogP contribution in [0.15, 0.2) is 24.3 Å². The van der Waals surface area contributed by atoms with Gasteiger partial charge in [0, 0.05) is 25.3 Å². The van der Waals surface area contributed by atoms with Crippen molar-refractivity contribution in [2.24, 2.45) is 5.92 Å².